The molecule has 4 heteroatoms. The summed E-state index contributed by atoms with van der Waals surface area (Å²) in [7, 11) is 0. The highest BCUT2D eigenvalue weighted by atomic mass is 32.1. The van der Waals surface area contributed by atoms with E-state index in [9.17, 15) is 0 Å². The molecule has 0 saturated carbocycles. The lowest BCUT2D eigenvalue weighted by atomic mass is 9.99. The Morgan fingerprint density at radius 2 is 2.38 bits per heavy atom. The standard InChI is InChI=1S/C12H13N3S/c1-8-13-5-2-10(15-8)12-9-4-7-16-11(9)3-6-14-12/h2,4-5,7,12,14H,3,6H2,1H3. The zero-order valence-corrected chi connectivity index (χ0v) is 9.92. The number of thiophene rings is 1. The fourth-order valence-corrected chi connectivity index (χ4v) is 3.07. The number of nitrogens with one attached hydrogen (secondary N) is 1. The SMILES string of the molecule is Cc1nccc(C2NCCc3sccc32)n1. The van der Waals surface area contributed by atoms with Gasteiger partial charge in [0.05, 0.1) is 11.7 Å². The molecule has 1 aliphatic heterocycles. The number of hydrogen-bond acceptors (Lipinski definition) is 4. The highest BCUT2D eigenvalue weighted by Crippen LogP contribution is 2.30. The van der Waals surface area contributed by atoms with Crippen LogP contribution in [0.15, 0.2) is 23.7 Å². The minimum atomic E-state index is 0.247. The number of hydrogen-bond donors (Lipinski definition) is 1. The zero-order chi connectivity index (χ0) is 11.0. The van der Waals surface area contributed by atoms with E-state index in [4.69, 9.17) is 0 Å². The minimum Gasteiger partial charge on any atom is -0.305 e. The van der Waals surface area contributed by atoms with Crippen LogP contribution in [-0.2, 0) is 6.42 Å². The summed E-state index contributed by atoms with van der Waals surface area (Å²) in [6, 6.07) is 4.45. The predicted octanol–water partition coefficient (Wildman–Crippen LogP) is 2.08. The molecule has 1 N–H and O–H groups in total. The third-order valence-corrected chi connectivity index (χ3v) is 3.88. The molecule has 16 heavy (non-hydrogen) atoms. The van der Waals surface area contributed by atoms with Crippen LogP contribution >= 0.6 is 11.3 Å². The van der Waals surface area contributed by atoms with Crippen molar-refractivity contribution >= 4 is 11.3 Å². The quantitative estimate of drug-likeness (QED) is 0.816. The second-order valence-corrected chi connectivity index (χ2v) is 4.97. The molecule has 2 aromatic rings. The Morgan fingerprint density at radius 3 is 3.25 bits per heavy atom. The number of aromatic nitrogens is 2. The molecule has 2 aromatic heterocycles. The van der Waals surface area contributed by atoms with Crippen molar-refractivity contribution < 1.29 is 0 Å². The van der Waals surface area contributed by atoms with E-state index in [-0.39, 0.29) is 6.04 Å². The zero-order valence-electron chi connectivity index (χ0n) is 9.10. The van der Waals surface area contributed by atoms with Crippen LogP contribution in [0.5, 0.6) is 0 Å². The molecule has 3 nitrogen and oxygen atoms in total. The van der Waals surface area contributed by atoms with E-state index in [0.717, 1.165) is 24.5 Å². The molecule has 0 radical (unpaired) electrons. The minimum absolute atomic E-state index is 0.247. The smallest absolute Gasteiger partial charge is 0.125 e. The van der Waals surface area contributed by atoms with Crippen molar-refractivity contribution in [2.75, 3.05) is 6.54 Å². The summed E-state index contributed by atoms with van der Waals surface area (Å²) in [5.41, 5.74) is 2.46. The fourth-order valence-electron chi connectivity index (χ4n) is 2.15. The summed E-state index contributed by atoms with van der Waals surface area (Å²) in [4.78, 5) is 10.1. The highest BCUT2D eigenvalue weighted by Gasteiger charge is 2.23. The average molecular weight is 231 g/mol. The van der Waals surface area contributed by atoms with Crippen molar-refractivity contribution in [3.8, 4) is 0 Å². The van der Waals surface area contributed by atoms with Gasteiger partial charge in [-0.05, 0) is 36.4 Å². The van der Waals surface area contributed by atoms with E-state index in [1.807, 2.05) is 30.5 Å². The Bertz CT molecular complexity index is 506. The molecule has 0 aliphatic carbocycles. The van der Waals surface area contributed by atoms with Gasteiger partial charge in [-0.25, -0.2) is 9.97 Å². The predicted molar refractivity (Wildman–Crippen MR) is 64.6 cm³/mol. The lowest BCUT2D eigenvalue weighted by molar-refractivity contribution is 0.561. The van der Waals surface area contributed by atoms with E-state index in [2.05, 4.69) is 26.7 Å². The Morgan fingerprint density at radius 1 is 1.44 bits per heavy atom. The lowest BCUT2D eigenvalue weighted by Gasteiger charge is -2.23. The van der Waals surface area contributed by atoms with Crippen molar-refractivity contribution in [2.45, 2.75) is 19.4 Å². The van der Waals surface area contributed by atoms with Gasteiger partial charge in [-0.1, -0.05) is 0 Å². The third-order valence-electron chi connectivity index (χ3n) is 2.88. The summed E-state index contributed by atoms with van der Waals surface area (Å²) in [5, 5.41) is 5.69. The van der Waals surface area contributed by atoms with Crippen LogP contribution < -0.4 is 5.32 Å². The van der Waals surface area contributed by atoms with Crippen LogP contribution in [0.2, 0.25) is 0 Å². The molecular weight excluding hydrogens is 218 g/mol. The van der Waals surface area contributed by atoms with E-state index in [1.54, 1.807) is 0 Å². The molecule has 0 spiro atoms. The maximum absolute atomic E-state index is 4.51. The number of rotatable bonds is 1. The summed E-state index contributed by atoms with van der Waals surface area (Å²) in [6.07, 6.45) is 2.97. The summed E-state index contributed by atoms with van der Waals surface area (Å²) < 4.78 is 0. The molecule has 0 bridgehead atoms. The van der Waals surface area contributed by atoms with E-state index >= 15 is 0 Å². The lowest BCUT2D eigenvalue weighted by Crippen LogP contribution is -2.30. The van der Waals surface area contributed by atoms with Crippen molar-refractivity contribution in [1.29, 1.82) is 0 Å². The van der Waals surface area contributed by atoms with Gasteiger partial charge in [0.1, 0.15) is 5.82 Å². The molecule has 1 unspecified atom stereocenters. The molecule has 0 saturated heterocycles. The van der Waals surface area contributed by atoms with Crippen LogP contribution in [0.1, 0.15) is 28.0 Å². The van der Waals surface area contributed by atoms with Gasteiger partial charge >= 0.3 is 0 Å². The number of nitrogens with zero attached hydrogens (tertiary/aromatic N) is 2. The maximum atomic E-state index is 4.51. The summed E-state index contributed by atoms with van der Waals surface area (Å²) in [6.45, 7) is 2.96. The van der Waals surface area contributed by atoms with Crippen LogP contribution in [0.25, 0.3) is 0 Å². The van der Waals surface area contributed by atoms with Gasteiger partial charge in [-0.15, -0.1) is 11.3 Å². The van der Waals surface area contributed by atoms with Gasteiger partial charge in [-0.2, -0.15) is 0 Å². The van der Waals surface area contributed by atoms with Crippen LogP contribution in [0.3, 0.4) is 0 Å². The number of aryl methyl sites for hydroxylation is 1. The Hall–Kier alpha value is -1.26. The number of fused-ring (bicyclic) bond motifs is 1. The van der Waals surface area contributed by atoms with Gasteiger partial charge in [0.25, 0.3) is 0 Å². The van der Waals surface area contributed by atoms with Crippen LogP contribution in [0.4, 0.5) is 0 Å². The first-order valence-electron chi connectivity index (χ1n) is 5.44. The van der Waals surface area contributed by atoms with Crippen LogP contribution in [-0.4, -0.2) is 16.5 Å². The highest BCUT2D eigenvalue weighted by molar-refractivity contribution is 7.10. The van der Waals surface area contributed by atoms with Crippen molar-refractivity contribution in [3.63, 3.8) is 0 Å². The van der Waals surface area contributed by atoms with Crippen molar-refractivity contribution in [3.05, 3.63) is 45.7 Å². The topological polar surface area (TPSA) is 37.8 Å². The molecule has 1 aliphatic rings. The summed E-state index contributed by atoms with van der Waals surface area (Å²) in [5.74, 6) is 0.835. The van der Waals surface area contributed by atoms with Gasteiger partial charge in [0.2, 0.25) is 0 Å². The second-order valence-electron chi connectivity index (χ2n) is 3.96. The molecule has 82 valence electrons. The maximum Gasteiger partial charge on any atom is 0.125 e. The molecule has 0 amide bonds. The normalized spacial score (nSPS) is 19.4. The monoisotopic (exact) mass is 231 g/mol. The van der Waals surface area contributed by atoms with Crippen LogP contribution in [0, 0.1) is 6.92 Å². The molecule has 3 rings (SSSR count). The third kappa shape index (κ3) is 1.64. The summed E-state index contributed by atoms with van der Waals surface area (Å²) >= 11 is 1.84. The fraction of sp³-hybridized carbons (Fsp3) is 0.333. The Labute approximate surface area is 98.6 Å². The van der Waals surface area contributed by atoms with Gasteiger partial charge < -0.3 is 5.32 Å². The Balaban J connectivity index is 2.04. The van der Waals surface area contributed by atoms with E-state index in [1.165, 1.54) is 10.4 Å². The van der Waals surface area contributed by atoms with Crippen molar-refractivity contribution in [2.24, 2.45) is 0 Å². The molecule has 3 heterocycles. The van der Waals surface area contributed by atoms with E-state index < -0.39 is 0 Å². The first-order chi connectivity index (χ1) is 7.84. The first-order valence-corrected chi connectivity index (χ1v) is 6.32. The average Bonchev–Trinajstić information content (AvgIpc) is 2.76. The van der Waals surface area contributed by atoms with Crippen molar-refractivity contribution in [1.82, 2.24) is 15.3 Å². The molecular formula is C12H13N3S. The van der Waals surface area contributed by atoms with Gasteiger partial charge in [0, 0.05) is 17.6 Å². The first kappa shape index (κ1) is 9.93. The molecule has 0 aromatic carbocycles. The van der Waals surface area contributed by atoms with E-state index in [0.29, 0.717) is 0 Å². The second kappa shape index (κ2) is 3.96. The molecule has 1 atom stereocenters. The molecule has 0 fully saturated rings. The largest absolute Gasteiger partial charge is 0.305 e. The van der Waals surface area contributed by atoms with Gasteiger partial charge in [0.15, 0.2) is 0 Å². The van der Waals surface area contributed by atoms with Gasteiger partial charge in [-0.3, -0.25) is 0 Å². The Kier molecular flexibility index (Phi) is 2.46.